The minimum absolute atomic E-state index is 0.0174. The Morgan fingerprint density at radius 1 is 1.26 bits per heavy atom. The Morgan fingerprint density at radius 3 is 2.42 bits per heavy atom. The molecule has 1 rings (SSSR count). The number of amides is 1. The van der Waals surface area contributed by atoms with Gasteiger partial charge in [0.05, 0.1) is 6.10 Å². The van der Waals surface area contributed by atoms with Gasteiger partial charge >= 0.3 is 12.1 Å². The fourth-order valence-electron chi connectivity index (χ4n) is 1.59. The van der Waals surface area contributed by atoms with E-state index in [1.54, 1.807) is 6.92 Å². The molecule has 1 fully saturated rings. The summed E-state index contributed by atoms with van der Waals surface area (Å²) in [5.41, 5.74) is -0.488. The van der Waals surface area contributed by atoms with Crippen LogP contribution in [0.5, 0.6) is 0 Å². The first-order chi connectivity index (χ1) is 8.80. The molecule has 0 aromatic carbocycles. The van der Waals surface area contributed by atoms with E-state index in [1.165, 1.54) is 0 Å². The number of esters is 1. The molecule has 0 aliphatic heterocycles. The first-order valence-electron chi connectivity index (χ1n) is 6.57. The summed E-state index contributed by atoms with van der Waals surface area (Å²) < 4.78 is 15.3. The van der Waals surface area contributed by atoms with E-state index in [0.29, 0.717) is 19.3 Å². The van der Waals surface area contributed by atoms with E-state index >= 15 is 0 Å². The minimum atomic E-state index is -0.488. The van der Waals surface area contributed by atoms with Gasteiger partial charge in [-0.3, -0.25) is 4.79 Å². The Hall–Kier alpha value is -1.30. The number of hydrogen-bond acceptors (Lipinski definition) is 5. The van der Waals surface area contributed by atoms with Crippen LogP contribution in [0, 0.1) is 0 Å². The van der Waals surface area contributed by atoms with E-state index in [2.05, 4.69) is 5.32 Å². The van der Waals surface area contributed by atoms with Crippen LogP contribution in [0.25, 0.3) is 0 Å². The molecular weight excluding hydrogens is 250 g/mol. The molecule has 0 aromatic heterocycles. The van der Waals surface area contributed by atoms with Gasteiger partial charge < -0.3 is 19.5 Å². The number of alkyl carbamates (subject to hydrolysis) is 1. The predicted octanol–water partition coefficient (Wildman–Crippen LogP) is 1.97. The van der Waals surface area contributed by atoms with Gasteiger partial charge in [-0.1, -0.05) is 6.92 Å². The maximum absolute atomic E-state index is 11.5. The molecule has 1 amide bonds. The standard InChI is InChI=1S/C13H23NO5/c1-5-11(15)18-8-17-10-6-9(7-10)14-12(16)19-13(2,3)4/h9-10H,5-8H2,1-4H3,(H,14,16). The van der Waals surface area contributed by atoms with Crippen molar-refractivity contribution in [2.24, 2.45) is 0 Å². The summed E-state index contributed by atoms with van der Waals surface area (Å²) in [4.78, 5) is 22.3. The molecule has 0 unspecified atom stereocenters. The Bertz CT molecular complexity index is 317. The molecule has 6 nitrogen and oxygen atoms in total. The highest BCUT2D eigenvalue weighted by Gasteiger charge is 2.32. The first kappa shape index (κ1) is 15.8. The summed E-state index contributed by atoms with van der Waals surface area (Å²) >= 11 is 0. The maximum atomic E-state index is 11.5. The predicted molar refractivity (Wildman–Crippen MR) is 68.5 cm³/mol. The van der Waals surface area contributed by atoms with Crippen LogP contribution in [0.4, 0.5) is 4.79 Å². The highest BCUT2D eigenvalue weighted by molar-refractivity contribution is 5.68. The zero-order chi connectivity index (χ0) is 14.5. The lowest BCUT2D eigenvalue weighted by Crippen LogP contribution is -2.49. The molecule has 0 heterocycles. The Morgan fingerprint density at radius 2 is 1.89 bits per heavy atom. The van der Waals surface area contributed by atoms with Crippen molar-refractivity contribution in [3.8, 4) is 0 Å². The highest BCUT2D eigenvalue weighted by Crippen LogP contribution is 2.23. The van der Waals surface area contributed by atoms with Gasteiger partial charge in [-0.15, -0.1) is 0 Å². The molecule has 0 saturated heterocycles. The lowest BCUT2D eigenvalue weighted by Gasteiger charge is -2.35. The summed E-state index contributed by atoms with van der Waals surface area (Å²) in [6.45, 7) is 7.17. The fraction of sp³-hybridized carbons (Fsp3) is 0.846. The second kappa shape index (κ2) is 6.75. The first-order valence-corrected chi connectivity index (χ1v) is 6.57. The smallest absolute Gasteiger partial charge is 0.407 e. The van der Waals surface area contributed by atoms with Gasteiger partial charge in [-0.2, -0.15) is 0 Å². The molecule has 1 N–H and O–H groups in total. The molecule has 0 atom stereocenters. The van der Waals surface area contributed by atoms with E-state index in [1.807, 2.05) is 20.8 Å². The fourth-order valence-corrected chi connectivity index (χ4v) is 1.59. The third-order valence-corrected chi connectivity index (χ3v) is 2.63. The van der Waals surface area contributed by atoms with Crippen LogP contribution >= 0.6 is 0 Å². The average Bonchev–Trinajstić information content (AvgIpc) is 2.22. The van der Waals surface area contributed by atoms with Crippen LogP contribution < -0.4 is 5.32 Å². The lowest BCUT2D eigenvalue weighted by atomic mass is 9.89. The summed E-state index contributed by atoms with van der Waals surface area (Å²) in [6, 6.07) is 0.0710. The normalized spacial score (nSPS) is 22.3. The second-order valence-electron chi connectivity index (χ2n) is 5.59. The van der Waals surface area contributed by atoms with Gasteiger partial charge in [0.15, 0.2) is 6.79 Å². The van der Waals surface area contributed by atoms with Crippen LogP contribution in [-0.2, 0) is 19.0 Å². The molecule has 1 saturated carbocycles. The monoisotopic (exact) mass is 273 g/mol. The SMILES string of the molecule is CCC(=O)OCOC1CC(NC(=O)OC(C)(C)C)C1. The third kappa shape index (κ3) is 6.42. The van der Waals surface area contributed by atoms with Crippen molar-refractivity contribution in [3.05, 3.63) is 0 Å². The maximum Gasteiger partial charge on any atom is 0.407 e. The Kier molecular flexibility index (Phi) is 5.60. The molecule has 1 aliphatic carbocycles. The van der Waals surface area contributed by atoms with Gasteiger partial charge in [0.2, 0.25) is 0 Å². The number of ether oxygens (including phenoxy) is 3. The van der Waals surface area contributed by atoms with Crippen molar-refractivity contribution in [2.45, 2.75) is 64.7 Å². The van der Waals surface area contributed by atoms with E-state index in [4.69, 9.17) is 14.2 Å². The van der Waals surface area contributed by atoms with Crippen molar-refractivity contribution in [1.29, 1.82) is 0 Å². The van der Waals surface area contributed by atoms with Gasteiger partial charge in [0.1, 0.15) is 5.60 Å². The van der Waals surface area contributed by atoms with Crippen molar-refractivity contribution in [1.82, 2.24) is 5.32 Å². The van der Waals surface area contributed by atoms with Crippen LogP contribution in [0.2, 0.25) is 0 Å². The number of carbonyl (C=O) groups is 2. The third-order valence-electron chi connectivity index (χ3n) is 2.63. The summed E-state index contributed by atoms with van der Waals surface area (Å²) in [6.07, 6.45) is 1.39. The van der Waals surface area contributed by atoms with E-state index in [0.717, 1.165) is 0 Å². The Labute approximate surface area is 113 Å². The summed E-state index contributed by atoms with van der Waals surface area (Å²) in [5, 5.41) is 2.76. The van der Waals surface area contributed by atoms with Gasteiger partial charge in [0, 0.05) is 12.5 Å². The van der Waals surface area contributed by atoms with E-state index in [9.17, 15) is 9.59 Å². The summed E-state index contributed by atoms with van der Waals surface area (Å²) in [5.74, 6) is -0.275. The molecule has 0 radical (unpaired) electrons. The van der Waals surface area contributed by atoms with Crippen LogP contribution in [0.1, 0.15) is 47.0 Å². The molecule has 6 heteroatoms. The van der Waals surface area contributed by atoms with Gasteiger partial charge in [0.25, 0.3) is 0 Å². The largest absolute Gasteiger partial charge is 0.444 e. The highest BCUT2D eigenvalue weighted by atomic mass is 16.7. The second-order valence-corrected chi connectivity index (χ2v) is 5.59. The quantitative estimate of drug-likeness (QED) is 0.612. The van der Waals surface area contributed by atoms with Crippen molar-refractivity contribution < 1.29 is 23.8 Å². The number of carbonyl (C=O) groups excluding carboxylic acids is 2. The van der Waals surface area contributed by atoms with Crippen LogP contribution in [0.15, 0.2) is 0 Å². The van der Waals surface area contributed by atoms with Gasteiger partial charge in [-0.05, 0) is 33.6 Å². The minimum Gasteiger partial charge on any atom is -0.444 e. The number of hydrogen-bond donors (Lipinski definition) is 1. The van der Waals surface area contributed by atoms with E-state index < -0.39 is 11.7 Å². The molecular formula is C13H23NO5. The summed E-state index contributed by atoms with van der Waals surface area (Å²) in [7, 11) is 0. The topological polar surface area (TPSA) is 73.9 Å². The molecule has 0 spiro atoms. The molecule has 110 valence electrons. The van der Waals surface area contributed by atoms with Gasteiger partial charge in [-0.25, -0.2) is 4.79 Å². The number of rotatable bonds is 5. The molecule has 1 aliphatic rings. The van der Waals surface area contributed by atoms with Crippen molar-refractivity contribution in [2.75, 3.05) is 6.79 Å². The number of nitrogens with one attached hydrogen (secondary N) is 1. The van der Waals surface area contributed by atoms with Crippen LogP contribution in [0.3, 0.4) is 0 Å². The zero-order valence-corrected chi connectivity index (χ0v) is 12.0. The molecule has 19 heavy (non-hydrogen) atoms. The Balaban J connectivity index is 2.07. The van der Waals surface area contributed by atoms with Crippen molar-refractivity contribution in [3.63, 3.8) is 0 Å². The molecule has 0 bridgehead atoms. The van der Waals surface area contributed by atoms with Crippen LogP contribution in [-0.4, -0.2) is 36.6 Å². The van der Waals surface area contributed by atoms with E-state index in [-0.39, 0.29) is 24.9 Å². The zero-order valence-electron chi connectivity index (χ0n) is 12.0. The average molecular weight is 273 g/mol. The van der Waals surface area contributed by atoms with Crippen molar-refractivity contribution >= 4 is 12.1 Å². The lowest BCUT2D eigenvalue weighted by molar-refractivity contribution is -0.165. The molecule has 0 aromatic rings.